The highest BCUT2D eigenvalue weighted by atomic mass is 16.4. The van der Waals surface area contributed by atoms with Crippen molar-refractivity contribution in [3.63, 3.8) is 0 Å². The summed E-state index contributed by atoms with van der Waals surface area (Å²) < 4.78 is 1.64. The van der Waals surface area contributed by atoms with E-state index >= 15 is 0 Å². The van der Waals surface area contributed by atoms with Crippen molar-refractivity contribution in [3.8, 4) is 0 Å². The van der Waals surface area contributed by atoms with E-state index in [0.29, 0.717) is 18.4 Å². The third-order valence-electron chi connectivity index (χ3n) is 3.60. The molecule has 1 aliphatic rings. The van der Waals surface area contributed by atoms with Gasteiger partial charge in [-0.25, -0.2) is 0 Å². The van der Waals surface area contributed by atoms with Gasteiger partial charge in [0.2, 0.25) is 0 Å². The van der Waals surface area contributed by atoms with Crippen molar-refractivity contribution < 1.29 is 14.7 Å². The number of hydrogen-bond acceptors (Lipinski definition) is 3. The lowest BCUT2D eigenvalue weighted by atomic mass is 10.1. The molecule has 0 bridgehead atoms. The quantitative estimate of drug-likeness (QED) is 0.828. The predicted molar refractivity (Wildman–Crippen MR) is 64.2 cm³/mol. The van der Waals surface area contributed by atoms with E-state index < -0.39 is 5.97 Å². The largest absolute Gasteiger partial charge is 0.481 e. The van der Waals surface area contributed by atoms with E-state index in [2.05, 4.69) is 10.4 Å². The molecule has 2 N–H and O–H groups in total. The Balaban J connectivity index is 1.97. The van der Waals surface area contributed by atoms with Gasteiger partial charge < -0.3 is 10.4 Å². The summed E-state index contributed by atoms with van der Waals surface area (Å²) in [6.45, 7) is 1.83. The summed E-state index contributed by atoms with van der Waals surface area (Å²) in [5.41, 5.74) is 1.36. The minimum atomic E-state index is -0.774. The van der Waals surface area contributed by atoms with E-state index in [0.717, 1.165) is 12.1 Å². The Labute approximate surface area is 105 Å². The van der Waals surface area contributed by atoms with Gasteiger partial charge in [-0.3, -0.25) is 14.3 Å². The van der Waals surface area contributed by atoms with Crippen LogP contribution in [0.25, 0.3) is 0 Å². The van der Waals surface area contributed by atoms with Crippen molar-refractivity contribution >= 4 is 11.9 Å². The second-order valence-corrected chi connectivity index (χ2v) is 4.79. The number of hydrogen-bond donors (Lipinski definition) is 2. The summed E-state index contributed by atoms with van der Waals surface area (Å²) in [4.78, 5) is 22.8. The molecule has 6 heteroatoms. The van der Waals surface area contributed by atoms with Gasteiger partial charge in [-0.05, 0) is 26.2 Å². The molecule has 0 spiro atoms. The Morgan fingerprint density at radius 2 is 2.22 bits per heavy atom. The number of aliphatic carboxylic acids is 1. The molecule has 2 atom stereocenters. The topological polar surface area (TPSA) is 84.2 Å². The first-order valence-corrected chi connectivity index (χ1v) is 6.01. The number of amides is 1. The lowest BCUT2D eigenvalue weighted by molar-refractivity contribution is -0.141. The van der Waals surface area contributed by atoms with E-state index in [1.165, 1.54) is 6.20 Å². The highest BCUT2D eigenvalue weighted by Crippen LogP contribution is 2.25. The van der Waals surface area contributed by atoms with Crippen molar-refractivity contribution in [2.45, 2.75) is 32.2 Å². The molecule has 1 aromatic heterocycles. The number of carbonyl (C=O) groups is 2. The zero-order chi connectivity index (χ0) is 13.3. The van der Waals surface area contributed by atoms with Gasteiger partial charge in [0.1, 0.15) is 0 Å². The molecular weight excluding hydrogens is 234 g/mol. The van der Waals surface area contributed by atoms with Crippen LogP contribution in [0, 0.1) is 12.8 Å². The van der Waals surface area contributed by atoms with E-state index in [4.69, 9.17) is 5.11 Å². The van der Waals surface area contributed by atoms with Crippen molar-refractivity contribution in [1.82, 2.24) is 15.1 Å². The summed E-state index contributed by atoms with van der Waals surface area (Å²) in [5.74, 6) is -1.27. The van der Waals surface area contributed by atoms with Crippen LogP contribution in [0.3, 0.4) is 0 Å². The third kappa shape index (κ3) is 2.37. The van der Waals surface area contributed by atoms with Gasteiger partial charge in [0.15, 0.2) is 0 Å². The monoisotopic (exact) mass is 251 g/mol. The van der Waals surface area contributed by atoms with Gasteiger partial charge >= 0.3 is 5.97 Å². The van der Waals surface area contributed by atoms with E-state index in [1.54, 1.807) is 11.7 Å². The zero-order valence-electron chi connectivity index (χ0n) is 10.5. The molecule has 1 heterocycles. The maximum atomic E-state index is 12.0. The number of nitrogens with zero attached hydrogens (tertiary/aromatic N) is 2. The van der Waals surface area contributed by atoms with Crippen molar-refractivity contribution in [2.24, 2.45) is 13.0 Å². The molecule has 1 saturated carbocycles. The number of carboxylic acid groups (broad SMARTS) is 1. The molecule has 18 heavy (non-hydrogen) atoms. The maximum Gasteiger partial charge on any atom is 0.306 e. The first kappa shape index (κ1) is 12.6. The first-order valence-electron chi connectivity index (χ1n) is 6.01. The molecule has 1 aromatic rings. The Morgan fingerprint density at radius 1 is 1.50 bits per heavy atom. The third-order valence-corrected chi connectivity index (χ3v) is 3.60. The summed E-state index contributed by atoms with van der Waals surface area (Å²) in [7, 11) is 1.78. The second kappa shape index (κ2) is 4.80. The molecule has 2 rings (SSSR count). The lowest BCUT2D eigenvalue weighted by Gasteiger charge is -2.12. The van der Waals surface area contributed by atoms with Crippen molar-refractivity contribution in [1.29, 1.82) is 0 Å². The van der Waals surface area contributed by atoms with Crippen LogP contribution in [0.5, 0.6) is 0 Å². The lowest BCUT2D eigenvalue weighted by Crippen LogP contribution is -2.33. The number of rotatable bonds is 3. The number of carbonyl (C=O) groups excluding carboxylic acids is 1. The number of carboxylic acids is 1. The van der Waals surface area contributed by atoms with Crippen LogP contribution in [0.15, 0.2) is 6.20 Å². The van der Waals surface area contributed by atoms with Crippen molar-refractivity contribution in [3.05, 3.63) is 17.5 Å². The first-order chi connectivity index (χ1) is 8.49. The smallest absolute Gasteiger partial charge is 0.306 e. The van der Waals surface area contributed by atoms with Crippen LogP contribution in [-0.2, 0) is 11.8 Å². The minimum Gasteiger partial charge on any atom is -0.481 e. The maximum absolute atomic E-state index is 12.0. The number of aryl methyl sites for hydroxylation is 1. The van der Waals surface area contributed by atoms with E-state index in [1.807, 2.05) is 6.92 Å². The van der Waals surface area contributed by atoms with Gasteiger partial charge in [0, 0.05) is 18.8 Å². The summed E-state index contributed by atoms with van der Waals surface area (Å²) in [5, 5.41) is 15.8. The Morgan fingerprint density at radius 3 is 2.72 bits per heavy atom. The Bertz CT molecular complexity index is 481. The Hall–Kier alpha value is -1.85. The van der Waals surface area contributed by atoms with Gasteiger partial charge in [-0.2, -0.15) is 5.10 Å². The molecule has 1 aliphatic carbocycles. The van der Waals surface area contributed by atoms with Gasteiger partial charge in [-0.15, -0.1) is 0 Å². The summed E-state index contributed by atoms with van der Waals surface area (Å²) >= 11 is 0. The Kier molecular flexibility index (Phi) is 3.36. The van der Waals surface area contributed by atoms with Gasteiger partial charge in [-0.1, -0.05) is 0 Å². The molecule has 0 aliphatic heterocycles. The van der Waals surface area contributed by atoms with Crippen LogP contribution in [-0.4, -0.2) is 32.8 Å². The van der Waals surface area contributed by atoms with Crippen LogP contribution in [0.2, 0.25) is 0 Å². The van der Waals surface area contributed by atoms with Gasteiger partial charge in [0.25, 0.3) is 5.91 Å². The molecular formula is C12H17N3O3. The predicted octanol–water partition coefficient (Wildman–Crippen LogP) is 0.712. The van der Waals surface area contributed by atoms with Crippen LogP contribution < -0.4 is 5.32 Å². The van der Waals surface area contributed by atoms with E-state index in [9.17, 15) is 9.59 Å². The van der Waals surface area contributed by atoms with Crippen LogP contribution in [0.1, 0.15) is 35.3 Å². The fourth-order valence-corrected chi connectivity index (χ4v) is 2.32. The van der Waals surface area contributed by atoms with E-state index in [-0.39, 0.29) is 17.9 Å². The molecule has 6 nitrogen and oxygen atoms in total. The zero-order valence-corrected chi connectivity index (χ0v) is 10.5. The SMILES string of the molecule is Cc1c(C(=O)N[C@H]2CC[C@@H](C(=O)O)C2)cnn1C. The highest BCUT2D eigenvalue weighted by Gasteiger charge is 2.31. The van der Waals surface area contributed by atoms with Crippen molar-refractivity contribution in [2.75, 3.05) is 0 Å². The molecule has 0 radical (unpaired) electrons. The fourth-order valence-electron chi connectivity index (χ4n) is 2.32. The average Bonchev–Trinajstić information content (AvgIpc) is 2.88. The van der Waals surface area contributed by atoms with Crippen LogP contribution >= 0.6 is 0 Å². The second-order valence-electron chi connectivity index (χ2n) is 4.79. The number of nitrogens with one attached hydrogen (secondary N) is 1. The number of aromatic nitrogens is 2. The fraction of sp³-hybridized carbons (Fsp3) is 0.583. The standard InChI is InChI=1S/C12H17N3O3/c1-7-10(6-13-15(7)2)11(16)14-9-4-3-8(5-9)12(17)18/h6,8-9H,3-5H2,1-2H3,(H,14,16)(H,17,18)/t8-,9+/m1/s1. The average molecular weight is 251 g/mol. The van der Waals surface area contributed by atoms with Gasteiger partial charge in [0.05, 0.1) is 17.7 Å². The molecule has 0 unspecified atom stereocenters. The van der Waals surface area contributed by atoms with Crippen LogP contribution in [0.4, 0.5) is 0 Å². The summed E-state index contributed by atoms with van der Waals surface area (Å²) in [6, 6.07) is -0.0433. The minimum absolute atomic E-state index is 0.0433. The molecule has 1 fully saturated rings. The highest BCUT2D eigenvalue weighted by molar-refractivity contribution is 5.95. The molecule has 98 valence electrons. The molecule has 0 saturated heterocycles. The normalized spacial score (nSPS) is 23.0. The molecule has 0 aromatic carbocycles. The summed E-state index contributed by atoms with van der Waals surface area (Å²) in [6.07, 6.45) is 3.41. The molecule has 1 amide bonds.